The second kappa shape index (κ2) is 6.32. The van der Waals surface area contributed by atoms with Crippen LogP contribution in [0.1, 0.15) is 13.8 Å². The van der Waals surface area contributed by atoms with Gasteiger partial charge >= 0.3 is 0 Å². The molecule has 0 aliphatic heterocycles. The van der Waals surface area contributed by atoms with Crippen LogP contribution in [-0.2, 0) is 10.0 Å². The van der Waals surface area contributed by atoms with Crippen LogP contribution in [0.2, 0.25) is 0 Å². The second-order valence-corrected chi connectivity index (χ2v) is 6.33. The van der Waals surface area contributed by atoms with E-state index in [-0.39, 0.29) is 18.3 Å². The standard InChI is InChI=1S/C13H16N2O2S.ClH/c1-10(2)8-15-18(16,17)13-5-3-4-11-9-14-7-6-12(11)13;/h3-7,9-10,15H,8H2,1-2H3;1H. The normalized spacial score (nSPS) is 11.5. The molecule has 0 radical (unpaired) electrons. The molecule has 104 valence electrons. The van der Waals surface area contributed by atoms with Crippen molar-refractivity contribution in [1.82, 2.24) is 9.71 Å². The lowest BCUT2D eigenvalue weighted by molar-refractivity contribution is 0.561. The largest absolute Gasteiger partial charge is 0.264 e. The Balaban J connectivity index is 0.00000180. The van der Waals surface area contributed by atoms with Crippen LogP contribution in [-0.4, -0.2) is 19.9 Å². The number of nitrogens with one attached hydrogen (secondary N) is 1. The molecule has 0 amide bonds. The third-order valence-electron chi connectivity index (χ3n) is 2.61. The van der Waals surface area contributed by atoms with Gasteiger partial charge in [-0.1, -0.05) is 26.0 Å². The zero-order chi connectivity index (χ0) is 13.2. The fraction of sp³-hybridized carbons (Fsp3) is 0.308. The zero-order valence-electron chi connectivity index (χ0n) is 10.8. The number of nitrogens with zero attached hydrogens (tertiary/aromatic N) is 1. The number of hydrogen-bond acceptors (Lipinski definition) is 3. The van der Waals surface area contributed by atoms with Crippen LogP contribution >= 0.6 is 12.4 Å². The first-order valence-corrected chi connectivity index (χ1v) is 7.31. The van der Waals surface area contributed by atoms with Gasteiger partial charge in [-0.3, -0.25) is 4.98 Å². The highest BCUT2D eigenvalue weighted by Crippen LogP contribution is 2.21. The van der Waals surface area contributed by atoms with Crippen molar-refractivity contribution in [2.45, 2.75) is 18.7 Å². The quantitative estimate of drug-likeness (QED) is 0.944. The minimum Gasteiger partial charge on any atom is -0.264 e. The van der Waals surface area contributed by atoms with Gasteiger partial charge in [0, 0.05) is 29.7 Å². The van der Waals surface area contributed by atoms with Crippen molar-refractivity contribution in [3.63, 3.8) is 0 Å². The van der Waals surface area contributed by atoms with Crippen molar-refractivity contribution in [3.05, 3.63) is 36.7 Å². The molecule has 0 spiro atoms. The van der Waals surface area contributed by atoms with E-state index in [0.29, 0.717) is 16.8 Å². The van der Waals surface area contributed by atoms with Crippen molar-refractivity contribution in [1.29, 1.82) is 0 Å². The van der Waals surface area contributed by atoms with Crippen LogP contribution in [0.3, 0.4) is 0 Å². The summed E-state index contributed by atoms with van der Waals surface area (Å²) in [6.45, 7) is 4.37. The summed E-state index contributed by atoms with van der Waals surface area (Å²) in [6.07, 6.45) is 3.26. The van der Waals surface area contributed by atoms with Crippen LogP contribution in [0.5, 0.6) is 0 Å². The Labute approximate surface area is 119 Å². The monoisotopic (exact) mass is 300 g/mol. The van der Waals surface area contributed by atoms with E-state index in [1.807, 2.05) is 19.9 Å². The number of aromatic nitrogens is 1. The van der Waals surface area contributed by atoms with E-state index in [1.54, 1.807) is 30.6 Å². The molecule has 1 aromatic heterocycles. The molecular formula is C13H17ClN2O2S. The van der Waals surface area contributed by atoms with Gasteiger partial charge in [-0.05, 0) is 18.1 Å². The molecule has 2 aromatic rings. The summed E-state index contributed by atoms with van der Waals surface area (Å²) >= 11 is 0. The third kappa shape index (κ3) is 3.65. The summed E-state index contributed by atoms with van der Waals surface area (Å²) in [5.74, 6) is 0.274. The van der Waals surface area contributed by atoms with Gasteiger partial charge in [0.25, 0.3) is 0 Å². The van der Waals surface area contributed by atoms with E-state index in [9.17, 15) is 8.42 Å². The molecule has 0 aliphatic carbocycles. The van der Waals surface area contributed by atoms with Crippen LogP contribution in [0, 0.1) is 5.92 Å². The SMILES string of the molecule is CC(C)CNS(=O)(=O)c1cccc2cnccc12.Cl. The Bertz CT molecular complexity index is 651. The summed E-state index contributed by atoms with van der Waals surface area (Å²) in [5.41, 5.74) is 0. The molecule has 0 aliphatic rings. The Kier molecular flexibility index (Phi) is 5.29. The molecule has 2 rings (SSSR count). The molecule has 0 unspecified atom stereocenters. The van der Waals surface area contributed by atoms with Crippen molar-refractivity contribution >= 4 is 33.2 Å². The smallest absolute Gasteiger partial charge is 0.241 e. The Hall–Kier alpha value is -1.17. The van der Waals surface area contributed by atoms with Gasteiger partial charge in [-0.15, -0.1) is 12.4 Å². The molecule has 0 saturated carbocycles. The summed E-state index contributed by atoms with van der Waals surface area (Å²) in [7, 11) is -3.46. The minimum atomic E-state index is -3.46. The van der Waals surface area contributed by atoms with Gasteiger partial charge in [0.05, 0.1) is 4.90 Å². The van der Waals surface area contributed by atoms with Crippen LogP contribution in [0.15, 0.2) is 41.6 Å². The lowest BCUT2D eigenvalue weighted by Gasteiger charge is -2.10. The summed E-state index contributed by atoms with van der Waals surface area (Å²) in [4.78, 5) is 4.30. The first-order valence-electron chi connectivity index (χ1n) is 5.83. The molecule has 19 heavy (non-hydrogen) atoms. The van der Waals surface area contributed by atoms with E-state index in [0.717, 1.165) is 5.39 Å². The number of fused-ring (bicyclic) bond motifs is 1. The molecule has 0 bridgehead atoms. The number of hydrogen-bond donors (Lipinski definition) is 1. The van der Waals surface area contributed by atoms with E-state index in [1.165, 1.54) is 0 Å². The lowest BCUT2D eigenvalue weighted by Crippen LogP contribution is -2.27. The van der Waals surface area contributed by atoms with Gasteiger partial charge < -0.3 is 0 Å². The van der Waals surface area contributed by atoms with Gasteiger partial charge in [-0.25, -0.2) is 13.1 Å². The van der Waals surface area contributed by atoms with E-state index in [2.05, 4.69) is 9.71 Å². The third-order valence-corrected chi connectivity index (χ3v) is 4.09. The molecule has 0 fully saturated rings. The highest BCUT2D eigenvalue weighted by atomic mass is 35.5. The van der Waals surface area contributed by atoms with Crippen LogP contribution < -0.4 is 4.72 Å². The van der Waals surface area contributed by atoms with Gasteiger partial charge in [-0.2, -0.15) is 0 Å². The summed E-state index contributed by atoms with van der Waals surface area (Å²) < 4.78 is 27.1. The van der Waals surface area contributed by atoms with Crippen molar-refractivity contribution in [3.8, 4) is 0 Å². The topological polar surface area (TPSA) is 59.1 Å². The van der Waals surface area contributed by atoms with E-state index in [4.69, 9.17) is 0 Å². The second-order valence-electron chi connectivity index (χ2n) is 4.60. The maximum atomic E-state index is 12.2. The molecule has 1 aromatic carbocycles. The fourth-order valence-corrected chi connectivity index (χ4v) is 3.12. The van der Waals surface area contributed by atoms with E-state index >= 15 is 0 Å². The number of sulfonamides is 1. The molecule has 4 nitrogen and oxygen atoms in total. The first-order chi connectivity index (χ1) is 8.50. The van der Waals surface area contributed by atoms with Gasteiger partial charge in [0.1, 0.15) is 0 Å². The van der Waals surface area contributed by atoms with E-state index < -0.39 is 10.0 Å². The average Bonchev–Trinajstić information content (AvgIpc) is 2.36. The highest BCUT2D eigenvalue weighted by molar-refractivity contribution is 7.89. The predicted octanol–water partition coefficient (Wildman–Crippen LogP) is 2.59. The zero-order valence-corrected chi connectivity index (χ0v) is 12.5. The molecule has 6 heteroatoms. The minimum absolute atomic E-state index is 0. The maximum Gasteiger partial charge on any atom is 0.241 e. The number of benzene rings is 1. The van der Waals surface area contributed by atoms with Gasteiger partial charge in [0.15, 0.2) is 0 Å². The Morgan fingerprint density at radius 3 is 2.68 bits per heavy atom. The first kappa shape index (κ1) is 15.9. The number of halogens is 1. The van der Waals surface area contributed by atoms with Crippen LogP contribution in [0.25, 0.3) is 10.8 Å². The predicted molar refractivity (Wildman–Crippen MR) is 79.0 cm³/mol. The maximum absolute atomic E-state index is 12.2. The number of rotatable bonds is 4. The van der Waals surface area contributed by atoms with Gasteiger partial charge in [0.2, 0.25) is 10.0 Å². The molecular weight excluding hydrogens is 284 g/mol. The number of pyridine rings is 1. The summed E-state index contributed by atoms with van der Waals surface area (Å²) in [5, 5.41) is 1.52. The summed E-state index contributed by atoms with van der Waals surface area (Å²) in [6, 6.07) is 6.92. The van der Waals surface area contributed by atoms with Crippen molar-refractivity contribution in [2.24, 2.45) is 5.92 Å². The Morgan fingerprint density at radius 1 is 1.26 bits per heavy atom. The molecule has 1 N–H and O–H groups in total. The molecule has 0 saturated heterocycles. The van der Waals surface area contributed by atoms with Crippen LogP contribution in [0.4, 0.5) is 0 Å². The van der Waals surface area contributed by atoms with Crippen molar-refractivity contribution < 1.29 is 8.42 Å². The molecule has 1 heterocycles. The fourth-order valence-electron chi connectivity index (χ4n) is 1.68. The Morgan fingerprint density at radius 2 is 2.00 bits per heavy atom. The van der Waals surface area contributed by atoms with Crippen molar-refractivity contribution in [2.75, 3.05) is 6.54 Å². The average molecular weight is 301 g/mol. The lowest BCUT2D eigenvalue weighted by atomic mass is 10.2. The highest BCUT2D eigenvalue weighted by Gasteiger charge is 2.16. The molecule has 0 atom stereocenters.